The normalized spacial score (nSPS) is 11.4. The van der Waals surface area contributed by atoms with Crippen LogP contribution >= 0.6 is 11.3 Å². The molecule has 1 heterocycles. The molecule has 0 unspecified atom stereocenters. The Morgan fingerprint density at radius 2 is 2.11 bits per heavy atom. The van der Waals surface area contributed by atoms with E-state index in [4.69, 9.17) is 4.84 Å². The molecule has 6 heteroatoms. The summed E-state index contributed by atoms with van der Waals surface area (Å²) in [6, 6.07) is 9.80. The molecule has 0 saturated heterocycles. The van der Waals surface area contributed by atoms with E-state index in [1.54, 1.807) is 35.9 Å². The van der Waals surface area contributed by atoms with E-state index in [1.165, 1.54) is 12.1 Å². The summed E-state index contributed by atoms with van der Waals surface area (Å²) >= 11 is 1.59. The number of nitrogens with zero attached hydrogens (tertiary/aromatic N) is 2. The highest BCUT2D eigenvalue weighted by Crippen LogP contribution is 2.10. The summed E-state index contributed by atoms with van der Waals surface area (Å²) < 4.78 is 12.6. The highest BCUT2D eigenvalue weighted by Gasteiger charge is 1.89. The third kappa shape index (κ3) is 4.99. The quantitative estimate of drug-likeness (QED) is 0.501. The molecule has 98 valence electrons. The van der Waals surface area contributed by atoms with Crippen LogP contribution in [-0.4, -0.2) is 19.0 Å². The lowest BCUT2D eigenvalue weighted by Crippen LogP contribution is -2.08. The molecule has 0 aliphatic rings. The Bertz CT molecular complexity index is 538. The molecule has 0 aliphatic carbocycles. The standard InChI is InChI=1S/C13H12FN3OS/c14-11-3-5-12(6-4-11)15-7-8-18-17-16-10-13-2-1-9-19-13/h1-7,9-10,17H,8H2/b15-7?,16-10-. The number of thiophene rings is 1. The Balaban J connectivity index is 1.65. The van der Waals surface area contributed by atoms with Crippen LogP contribution in [0.4, 0.5) is 10.1 Å². The summed E-state index contributed by atoms with van der Waals surface area (Å²) in [7, 11) is 0. The number of hydrogen-bond donors (Lipinski definition) is 1. The van der Waals surface area contributed by atoms with Crippen molar-refractivity contribution in [2.24, 2.45) is 10.1 Å². The highest BCUT2D eigenvalue weighted by atomic mass is 32.1. The molecule has 0 amide bonds. The van der Waals surface area contributed by atoms with Crippen LogP contribution < -0.4 is 5.59 Å². The molecule has 19 heavy (non-hydrogen) atoms. The van der Waals surface area contributed by atoms with Crippen molar-refractivity contribution in [3.8, 4) is 0 Å². The predicted octanol–water partition coefficient (Wildman–Crippen LogP) is 3.14. The lowest BCUT2D eigenvalue weighted by atomic mass is 10.3. The molecule has 0 fully saturated rings. The molecule has 0 saturated carbocycles. The van der Waals surface area contributed by atoms with Gasteiger partial charge < -0.3 is 0 Å². The van der Waals surface area contributed by atoms with E-state index in [2.05, 4.69) is 15.7 Å². The Kier molecular flexibility index (Phi) is 5.21. The fraction of sp³-hybridized carbons (Fsp3) is 0.0769. The van der Waals surface area contributed by atoms with E-state index in [1.807, 2.05) is 17.5 Å². The van der Waals surface area contributed by atoms with Gasteiger partial charge in [-0.2, -0.15) is 10.7 Å². The number of aliphatic imine (C=N–C) groups is 1. The first-order valence-electron chi connectivity index (χ1n) is 5.56. The summed E-state index contributed by atoms with van der Waals surface area (Å²) in [4.78, 5) is 10.1. The second kappa shape index (κ2) is 7.40. The minimum Gasteiger partial charge on any atom is -0.259 e. The molecule has 0 atom stereocenters. The minimum absolute atomic E-state index is 0.263. The van der Waals surface area contributed by atoms with Crippen LogP contribution in [0.5, 0.6) is 0 Å². The van der Waals surface area contributed by atoms with Crippen molar-refractivity contribution in [1.82, 2.24) is 5.59 Å². The SMILES string of the molecule is Fc1ccc(N=CCON/N=C\c2cccs2)cc1. The molecule has 1 aromatic carbocycles. The van der Waals surface area contributed by atoms with E-state index in [0.717, 1.165) is 4.88 Å². The topological polar surface area (TPSA) is 46.0 Å². The van der Waals surface area contributed by atoms with Gasteiger partial charge in [0.05, 0.1) is 11.9 Å². The van der Waals surface area contributed by atoms with Gasteiger partial charge in [-0.25, -0.2) is 4.39 Å². The Labute approximate surface area is 114 Å². The second-order valence-electron chi connectivity index (χ2n) is 3.46. The van der Waals surface area contributed by atoms with Crippen LogP contribution in [0.3, 0.4) is 0 Å². The van der Waals surface area contributed by atoms with Gasteiger partial charge in [-0.15, -0.1) is 11.3 Å². The summed E-state index contributed by atoms with van der Waals surface area (Å²) in [6.07, 6.45) is 3.24. The molecule has 1 N–H and O–H groups in total. The number of hydrogen-bond acceptors (Lipinski definition) is 5. The molecular weight excluding hydrogens is 265 g/mol. The maximum Gasteiger partial charge on any atom is 0.123 e. The zero-order chi connectivity index (χ0) is 13.3. The van der Waals surface area contributed by atoms with Crippen molar-refractivity contribution in [3.63, 3.8) is 0 Å². The molecule has 2 rings (SSSR count). The lowest BCUT2D eigenvalue weighted by Gasteiger charge is -1.96. The molecular formula is C13H12FN3OS. The van der Waals surface area contributed by atoms with Gasteiger partial charge in [0.15, 0.2) is 0 Å². The molecule has 0 aliphatic heterocycles. The first kappa shape index (κ1) is 13.4. The van der Waals surface area contributed by atoms with Gasteiger partial charge in [0, 0.05) is 11.1 Å². The maximum absolute atomic E-state index is 12.6. The summed E-state index contributed by atoms with van der Waals surface area (Å²) in [5.41, 5.74) is 3.12. The first-order chi connectivity index (χ1) is 9.34. The van der Waals surface area contributed by atoms with Crippen LogP contribution in [0, 0.1) is 5.82 Å². The average Bonchev–Trinajstić information content (AvgIpc) is 2.93. The van der Waals surface area contributed by atoms with Crippen LogP contribution in [0.2, 0.25) is 0 Å². The molecule has 0 bridgehead atoms. The van der Waals surface area contributed by atoms with Crippen molar-refractivity contribution < 1.29 is 9.23 Å². The van der Waals surface area contributed by atoms with Crippen LogP contribution in [0.25, 0.3) is 0 Å². The van der Waals surface area contributed by atoms with E-state index in [0.29, 0.717) is 5.69 Å². The molecule has 0 spiro atoms. The third-order valence-corrected chi connectivity index (χ3v) is 2.88. The fourth-order valence-electron chi connectivity index (χ4n) is 1.24. The zero-order valence-corrected chi connectivity index (χ0v) is 10.8. The van der Waals surface area contributed by atoms with Crippen molar-refractivity contribution >= 4 is 29.5 Å². The summed E-state index contributed by atoms with van der Waals surface area (Å²) in [6.45, 7) is 0.263. The zero-order valence-electron chi connectivity index (χ0n) is 9.99. The molecule has 2 aromatic rings. The van der Waals surface area contributed by atoms with E-state index >= 15 is 0 Å². The second-order valence-corrected chi connectivity index (χ2v) is 4.44. The van der Waals surface area contributed by atoms with Gasteiger partial charge >= 0.3 is 0 Å². The van der Waals surface area contributed by atoms with Crippen LogP contribution in [-0.2, 0) is 4.84 Å². The Hall–Kier alpha value is -2.05. The number of benzene rings is 1. The number of rotatable bonds is 6. The van der Waals surface area contributed by atoms with Gasteiger partial charge in [0.2, 0.25) is 0 Å². The first-order valence-corrected chi connectivity index (χ1v) is 6.44. The lowest BCUT2D eigenvalue weighted by molar-refractivity contribution is 0.0750. The molecule has 4 nitrogen and oxygen atoms in total. The van der Waals surface area contributed by atoms with Gasteiger partial charge in [-0.3, -0.25) is 9.83 Å². The number of hydrazone groups is 1. The van der Waals surface area contributed by atoms with E-state index < -0.39 is 0 Å². The van der Waals surface area contributed by atoms with Gasteiger partial charge in [-0.05, 0) is 35.7 Å². The minimum atomic E-state index is -0.278. The average molecular weight is 277 g/mol. The van der Waals surface area contributed by atoms with E-state index in [9.17, 15) is 4.39 Å². The Morgan fingerprint density at radius 1 is 1.26 bits per heavy atom. The van der Waals surface area contributed by atoms with Gasteiger partial charge in [0.1, 0.15) is 12.4 Å². The van der Waals surface area contributed by atoms with Crippen molar-refractivity contribution in [2.45, 2.75) is 0 Å². The molecule has 1 aromatic heterocycles. The third-order valence-electron chi connectivity index (χ3n) is 2.08. The van der Waals surface area contributed by atoms with E-state index in [-0.39, 0.29) is 12.4 Å². The van der Waals surface area contributed by atoms with Crippen LogP contribution in [0.1, 0.15) is 4.88 Å². The van der Waals surface area contributed by atoms with Crippen molar-refractivity contribution in [3.05, 3.63) is 52.5 Å². The highest BCUT2D eigenvalue weighted by molar-refractivity contribution is 7.11. The largest absolute Gasteiger partial charge is 0.259 e. The number of nitrogens with one attached hydrogen (secondary N) is 1. The number of halogens is 1. The van der Waals surface area contributed by atoms with Crippen molar-refractivity contribution in [2.75, 3.05) is 6.61 Å². The molecule has 0 radical (unpaired) electrons. The van der Waals surface area contributed by atoms with Crippen molar-refractivity contribution in [1.29, 1.82) is 0 Å². The van der Waals surface area contributed by atoms with Gasteiger partial charge in [-0.1, -0.05) is 6.07 Å². The fourth-order valence-corrected chi connectivity index (χ4v) is 1.82. The summed E-state index contributed by atoms with van der Waals surface area (Å²) in [5.74, 6) is -0.278. The van der Waals surface area contributed by atoms with Crippen LogP contribution in [0.15, 0.2) is 51.9 Å². The van der Waals surface area contributed by atoms with Gasteiger partial charge in [0.25, 0.3) is 0 Å². The summed E-state index contributed by atoms with van der Waals surface area (Å²) in [5, 5.41) is 5.84. The Morgan fingerprint density at radius 3 is 2.84 bits per heavy atom. The predicted molar refractivity (Wildman–Crippen MR) is 75.6 cm³/mol. The smallest absolute Gasteiger partial charge is 0.123 e. The maximum atomic E-state index is 12.6. The monoisotopic (exact) mass is 277 g/mol.